The molecule has 0 unspecified atom stereocenters. The number of aliphatic hydroxyl groups is 1. The summed E-state index contributed by atoms with van der Waals surface area (Å²) in [6, 6.07) is 9.65. The van der Waals surface area contributed by atoms with Crippen molar-refractivity contribution < 1.29 is 9.84 Å². The number of nitrogens with zero attached hydrogens (tertiary/aromatic N) is 1. The molecular formula is C14H19NO2. The molecule has 17 heavy (non-hydrogen) atoms. The molecule has 1 N–H and O–H groups in total. The second-order valence-corrected chi connectivity index (χ2v) is 4.81. The highest BCUT2D eigenvalue weighted by Gasteiger charge is 2.17. The van der Waals surface area contributed by atoms with Crippen LogP contribution in [-0.2, 0) is 0 Å². The zero-order chi connectivity index (χ0) is 12.9. The van der Waals surface area contributed by atoms with Crippen LogP contribution in [0.2, 0.25) is 0 Å². The van der Waals surface area contributed by atoms with E-state index in [0.717, 1.165) is 5.56 Å². The van der Waals surface area contributed by atoms with Gasteiger partial charge in [0.15, 0.2) is 0 Å². The van der Waals surface area contributed by atoms with Crippen LogP contribution in [0.15, 0.2) is 24.3 Å². The number of ether oxygens (including phenoxy) is 1. The van der Waals surface area contributed by atoms with Gasteiger partial charge in [-0.05, 0) is 33.3 Å². The normalized spacial score (nSPS) is 12.9. The molecule has 3 heteroatoms. The molecule has 0 saturated heterocycles. The minimum absolute atomic E-state index is 0.375. The van der Waals surface area contributed by atoms with Gasteiger partial charge < -0.3 is 9.84 Å². The third-order valence-corrected chi connectivity index (χ3v) is 2.66. The van der Waals surface area contributed by atoms with E-state index in [2.05, 4.69) is 6.07 Å². The average Bonchev–Trinajstić information content (AvgIpc) is 2.29. The average molecular weight is 233 g/mol. The number of rotatable bonds is 5. The topological polar surface area (TPSA) is 53.2 Å². The second-order valence-electron chi connectivity index (χ2n) is 4.81. The van der Waals surface area contributed by atoms with E-state index in [1.807, 2.05) is 38.1 Å². The maximum atomic E-state index is 9.58. The van der Waals surface area contributed by atoms with Gasteiger partial charge >= 0.3 is 0 Å². The molecule has 0 amide bonds. The first kappa shape index (κ1) is 13.5. The molecular weight excluding hydrogens is 214 g/mol. The summed E-state index contributed by atoms with van der Waals surface area (Å²) in [6.45, 7) is 5.96. The molecule has 0 aliphatic rings. The quantitative estimate of drug-likeness (QED) is 0.850. The maximum absolute atomic E-state index is 9.58. The lowest BCUT2D eigenvalue weighted by molar-refractivity contribution is 0.188. The fourth-order valence-electron chi connectivity index (χ4n) is 1.43. The zero-order valence-corrected chi connectivity index (χ0v) is 10.6. The molecule has 0 bridgehead atoms. The second kappa shape index (κ2) is 5.70. The fourth-order valence-corrected chi connectivity index (χ4v) is 1.43. The van der Waals surface area contributed by atoms with Crippen molar-refractivity contribution in [2.45, 2.75) is 33.3 Å². The Hall–Kier alpha value is -1.53. The van der Waals surface area contributed by atoms with E-state index in [9.17, 15) is 5.11 Å². The number of hydrogen-bond acceptors (Lipinski definition) is 3. The Morgan fingerprint density at radius 1 is 1.41 bits per heavy atom. The highest BCUT2D eigenvalue weighted by Crippen LogP contribution is 2.26. The van der Waals surface area contributed by atoms with E-state index in [4.69, 9.17) is 10.00 Å². The third-order valence-electron chi connectivity index (χ3n) is 2.66. The van der Waals surface area contributed by atoms with Crippen molar-refractivity contribution in [1.29, 1.82) is 5.26 Å². The minimum Gasteiger partial charge on any atom is -0.493 e. The van der Waals surface area contributed by atoms with Gasteiger partial charge in [0.2, 0.25) is 0 Å². The van der Waals surface area contributed by atoms with Crippen LogP contribution in [0, 0.1) is 16.7 Å². The van der Waals surface area contributed by atoms with Crippen molar-refractivity contribution in [3.63, 3.8) is 0 Å². The van der Waals surface area contributed by atoms with Gasteiger partial charge in [0.1, 0.15) is 5.75 Å². The molecule has 0 aliphatic heterocycles. The highest BCUT2D eigenvalue weighted by molar-refractivity contribution is 5.34. The summed E-state index contributed by atoms with van der Waals surface area (Å²) in [5.74, 6) is 0.691. The van der Waals surface area contributed by atoms with Crippen LogP contribution in [0.25, 0.3) is 0 Å². The first-order chi connectivity index (χ1) is 7.96. The molecule has 1 aromatic rings. The molecule has 3 nitrogen and oxygen atoms in total. The molecule has 0 aromatic heterocycles. The monoisotopic (exact) mass is 233 g/mol. The Balaban J connectivity index is 2.62. The summed E-state index contributed by atoms with van der Waals surface area (Å²) in [6.07, 6.45) is 0.118. The first-order valence-electron chi connectivity index (χ1n) is 5.77. The smallest absolute Gasteiger partial charge is 0.125 e. The third kappa shape index (κ3) is 4.08. The summed E-state index contributed by atoms with van der Waals surface area (Å²) in [5, 5.41) is 18.5. The van der Waals surface area contributed by atoms with Crippen molar-refractivity contribution in [1.82, 2.24) is 0 Å². The predicted octanol–water partition coefficient (Wildman–Crippen LogP) is 3.06. The van der Waals surface area contributed by atoms with Gasteiger partial charge in [0.05, 0.1) is 24.2 Å². The Bertz CT molecular complexity index is 405. The first-order valence-corrected chi connectivity index (χ1v) is 5.77. The molecule has 0 fully saturated rings. The Labute approximate surface area is 103 Å². The van der Waals surface area contributed by atoms with Crippen LogP contribution >= 0.6 is 0 Å². The van der Waals surface area contributed by atoms with Gasteiger partial charge in [-0.25, -0.2) is 0 Å². The Kier molecular flexibility index (Phi) is 4.53. The van der Waals surface area contributed by atoms with Gasteiger partial charge in [-0.15, -0.1) is 0 Å². The number of benzene rings is 1. The van der Waals surface area contributed by atoms with Crippen molar-refractivity contribution in [3.8, 4) is 11.8 Å². The van der Waals surface area contributed by atoms with Crippen molar-refractivity contribution in [3.05, 3.63) is 29.8 Å². The molecule has 0 aliphatic carbocycles. The van der Waals surface area contributed by atoms with Crippen LogP contribution < -0.4 is 4.74 Å². The largest absolute Gasteiger partial charge is 0.493 e. The van der Waals surface area contributed by atoms with E-state index in [-0.39, 0.29) is 5.41 Å². The lowest BCUT2D eigenvalue weighted by Crippen LogP contribution is -2.13. The van der Waals surface area contributed by atoms with Crippen molar-refractivity contribution >= 4 is 0 Å². The standard InChI is InChI=1S/C14H19NO2/c1-11(16)12-6-4-5-7-13(12)17-9-8-14(2,3)10-15/h4-7,11,16H,8-9H2,1-3H3/t11-/m1/s1. The molecule has 0 radical (unpaired) electrons. The van der Waals surface area contributed by atoms with Crippen LogP contribution in [0.4, 0.5) is 0 Å². The van der Waals surface area contributed by atoms with Crippen LogP contribution in [0.1, 0.15) is 38.9 Å². The van der Waals surface area contributed by atoms with E-state index in [0.29, 0.717) is 18.8 Å². The number of para-hydroxylation sites is 1. The highest BCUT2D eigenvalue weighted by atomic mass is 16.5. The molecule has 0 saturated carbocycles. The molecule has 1 aromatic carbocycles. The Morgan fingerprint density at radius 3 is 2.65 bits per heavy atom. The van der Waals surface area contributed by atoms with E-state index in [1.54, 1.807) is 6.92 Å². The fraction of sp³-hybridized carbons (Fsp3) is 0.500. The van der Waals surface area contributed by atoms with Gasteiger partial charge in [-0.3, -0.25) is 0 Å². The van der Waals surface area contributed by atoms with Gasteiger partial charge in [-0.1, -0.05) is 18.2 Å². The van der Waals surface area contributed by atoms with E-state index < -0.39 is 6.10 Å². The lowest BCUT2D eigenvalue weighted by atomic mass is 9.92. The van der Waals surface area contributed by atoms with Crippen LogP contribution in [0.5, 0.6) is 5.75 Å². The predicted molar refractivity (Wildman–Crippen MR) is 66.6 cm³/mol. The molecule has 1 rings (SSSR count). The minimum atomic E-state index is -0.546. The van der Waals surface area contributed by atoms with Crippen molar-refractivity contribution in [2.75, 3.05) is 6.61 Å². The van der Waals surface area contributed by atoms with Crippen LogP contribution in [-0.4, -0.2) is 11.7 Å². The van der Waals surface area contributed by atoms with E-state index >= 15 is 0 Å². The Morgan fingerprint density at radius 2 is 2.06 bits per heavy atom. The number of hydrogen-bond donors (Lipinski definition) is 1. The summed E-state index contributed by atoms with van der Waals surface area (Å²) < 4.78 is 5.63. The van der Waals surface area contributed by atoms with E-state index in [1.165, 1.54) is 0 Å². The summed E-state index contributed by atoms with van der Waals surface area (Å²) in [4.78, 5) is 0. The van der Waals surface area contributed by atoms with Gasteiger partial charge in [0, 0.05) is 5.56 Å². The molecule has 0 spiro atoms. The number of nitriles is 1. The van der Waals surface area contributed by atoms with Gasteiger partial charge in [0.25, 0.3) is 0 Å². The molecule has 92 valence electrons. The molecule has 1 atom stereocenters. The maximum Gasteiger partial charge on any atom is 0.125 e. The summed E-state index contributed by atoms with van der Waals surface area (Å²) in [5.41, 5.74) is 0.405. The summed E-state index contributed by atoms with van der Waals surface area (Å²) >= 11 is 0. The SMILES string of the molecule is C[C@@H](O)c1ccccc1OCCC(C)(C)C#N. The molecule has 0 heterocycles. The van der Waals surface area contributed by atoms with Gasteiger partial charge in [-0.2, -0.15) is 5.26 Å². The number of aliphatic hydroxyl groups excluding tert-OH is 1. The lowest BCUT2D eigenvalue weighted by Gasteiger charge is -2.17. The zero-order valence-electron chi connectivity index (χ0n) is 10.6. The van der Waals surface area contributed by atoms with Crippen LogP contribution in [0.3, 0.4) is 0 Å². The van der Waals surface area contributed by atoms with Crippen molar-refractivity contribution in [2.24, 2.45) is 5.41 Å². The summed E-state index contributed by atoms with van der Waals surface area (Å²) in [7, 11) is 0.